The van der Waals surface area contributed by atoms with Crippen molar-refractivity contribution in [3.63, 3.8) is 0 Å². The molecule has 0 radical (unpaired) electrons. The molecule has 0 saturated carbocycles. The van der Waals surface area contributed by atoms with Gasteiger partial charge < -0.3 is 19.2 Å². The van der Waals surface area contributed by atoms with Gasteiger partial charge >= 0.3 is 5.63 Å². The molecule has 0 aliphatic heterocycles. The first-order valence-electron chi connectivity index (χ1n) is 9.61. The van der Waals surface area contributed by atoms with Crippen LogP contribution in [0.3, 0.4) is 0 Å². The summed E-state index contributed by atoms with van der Waals surface area (Å²) in [5.74, 6) is 1.29. The van der Waals surface area contributed by atoms with Crippen molar-refractivity contribution in [2.24, 2.45) is 0 Å². The summed E-state index contributed by atoms with van der Waals surface area (Å²) in [4.78, 5) is 28.4. The topological polar surface area (TPSA) is 90.7 Å². The Hall–Kier alpha value is -4.13. The third-order valence-corrected chi connectivity index (χ3v) is 4.80. The quantitative estimate of drug-likeness (QED) is 0.474. The minimum atomic E-state index is -0.466. The van der Waals surface area contributed by atoms with Crippen molar-refractivity contribution in [3.8, 4) is 22.6 Å². The van der Waals surface area contributed by atoms with Crippen molar-refractivity contribution < 1.29 is 18.7 Å². The smallest absolute Gasteiger partial charge is 0.336 e. The molecule has 31 heavy (non-hydrogen) atoms. The number of aromatic nitrogens is 1. The zero-order chi connectivity index (χ0) is 21.8. The molecule has 0 aliphatic rings. The fourth-order valence-electron chi connectivity index (χ4n) is 3.27. The summed E-state index contributed by atoms with van der Waals surface area (Å²) in [6, 6.07) is 17.7. The standard InChI is InChI=1S/C24H20N2O5/c1-15-20(30-14-22(27)26-21-5-3-4-12-25-21)11-10-18-19(13-23(28)31-24(15)18)16-6-8-17(29-2)9-7-16/h3-13H,14H2,1-2H3,(H,25,26,27). The number of hydrogen-bond donors (Lipinski definition) is 1. The summed E-state index contributed by atoms with van der Waals surface area (Å²) in [6.07, 6.45) is 1.59. The monoisotopic (exact) mass is 416 g/mol. The van der Waals surface area contributed by atoms with Gasteiger partial charge in [0.05, 0.1) is 7.11 Å². The Kier molecular flexibility index (Phi) is 5.66. The lowest BCUT2D eigenvalue weighted by Crippen LogP contribution is -2.21. The second kappa shape index (κ2) is 8.71. The zero-order valence-corrected chi connectivity index (χ0v) is 17.0. The van der Waals surface area contributed by atoms with Crippen molar-refractivity contribution in [1.82, 2.24) is 4.98 Å². The predicted octanol–water partition coefficient (Wildman–Crippen LogP) is 4.19. The molecule has 4 aromatic rings. The Morgan fingerprint density at radius 2 is 1.90 bits per heavy atom. The first kappa shape index (κ1) is 20.2. The molecule has 156 valence electrons. The van der Waals surface area contributed by atoms with Gasteiger partial charge in [-0.25, -0.2) is 9.78 Å². The van der Waals surface area contributed by atoms with Crippen LogP contribution in [0.25, 0.3) is 22.1 Å². The Balaban J connectivity index is 1.61. The molecule has 0 fully saturated rings. The highest BCUT2D eigenvalue weighted by Crippen LogP contribution is 2.33. The van der Waals surface area contributed by atoms with E-state index in [1.54, 1.807) is 44.5 Å². The number of carbonyl (C=O) groups is 1. The van der Waals surface area contributed by atoms with E-state index in [0.717, 1.165) is 22.3 Å². The summed E-state index contributed by atoms with van der Waals surface area (Å²) in [5, 5.41) is 3.43. The fourth-order valence-corrected chi connectivity index (χ4v) is 3.27. The maximum atomic E-state index is 12.2. The van der Waals surface area contributed by atoms with Crippen molar-refractivity contribution in [1.29, 1.82) is 0 Å². The van der Waals surface area contributed by atoms with Crippen LogP contribution >= 0.6 is 0 Å². The van der Waals surface area contributed by atoms with E-state index in [9.17, 15) is 9.59 Å². The van der Waals surface area contributed by atoms with E-state index >= 15 is 0 Å². The molecule has 2 aromatic carbocycles. The molecular weight excluding hydrogens is 396 g/mol. The molecule has 2 aromatic heterocycles. The van der Waals surface area contributed by atoms with Crippen molar-refractivity contribution in [2.75, 3.05) is 19.0 Å². The third kappa shape index (κ3) is 4.40. The van der Waals surface area contributed by atoms with Crippen LogP contribution in [-0.4, -0.2) is 24.6 Å². The van der Waals surface area contributed by atoms with Crippen LogP contribution in [0.1, 0.15) is 5.56 Å². The van der Waals surface area contributed by atoms with Crippen LogP contribution in [0.5, 0.6) is 11.5 Å². The number of carbonyl (C=O) groups excluding carboxylic acids is 1. The number of hydrogen-bond acceptors (Lipinski definition) is 6. The predicted molar refractivity (Wildman–Crippen MR) is 118 cm³/mol. The number of fused-ring (bicyclic) bond motifs is 1. The van der Waals surface area contributed by atoms with Crippen LogP contribution in [-0.2, 0) is 4.79 Å². The van der Waals surface area contributed by atoms with Gasteiger partial charge in [-0.05, 0) is 54.4 Å². The minimum absolute atomic E-state index is 0.203. The van der Waals surface area contributed by atoms with Crippen molar-refractivity contribution in [3.05, 3.63) is 82.8 Å². The largest absolute Gasteiger partial charge is 0.497 e. The molecule has 1 N–H and O–H groups in total. The molecule has 0 atom stereocenters. The Bertz CT molecular complexity index is 1280. The number of nitrogens with zero attached hydrogens (tertiary/aromatic N) is 1. The van der Waals surface area contributed by atoms with E-state index in [0.29, 0.717) is 22.7 Å². The lowest BCUT2D eigenvalue weighted by molar-refractivity contribution is -0.118. The Morgan fingerprint density at radius 3 is 2.61 bits per heavy atom. The molecule has 0 saturated heterocycles. The number of nitrogens with one attached hydrogen (secondary N) is 1. The second-order valence-corrected chi connectivity index (χ2v) is 6.82. The van der Waals surface area contributed by atoms with E-state index < -0.39 is 5.63 Å². The molecule has 0 aliphatic carbocycles. The van der Waals surface area contributed by atoms with Gasteiger partial charge in [-0.1, -0.05) is 18.2 Å². The lowest BCUT2D eigenvalue weighted by Gasteiger charge is -2.13. The van der Waals surface area contributed by atoms with E-state index in [2.05, 4.69) is 10.3 Å². The number of anilines is 1. The first-order valence-corrected chi connectivity index (χ1v) is 9.61. The number of amides is 1. The number of pyridine rings is 1. The molecule has 0 bridgehead atoms. The van der Waals surface area contributed by atoms with E-state index in [1.165, 1.54) is 6.07 Å². The van der Waals surface area contributed by atoms with E-state index in [-0.39, 0.29) is 12.5 Å². The fraction of sp³-hybridized carbons (Fsp3) is 0.125. The summed E-state index contributed by atoms with van der Waals surface area (Å²) in [5.41, 5.74) is 2.20. The molecule has 0 unspecified atom stereocenters. The normalized spacial score (nSPS) is 10.6. The second-order valence-electron chi connectivity index (χ2n) is 6.82. The van der Waals surface area contributed by atoms with E-state index in [1.807, 2.05) is 30.3 Å². The Morgan fingerprint density at radius 1 is 1.10 bits per heavy atom. The van der Waals surface area contributed by atoms with Gasteiger partial charge in [-0.2, -0.15) is 0 Å². The average molecular weight is 416 g/mol. The molecule has 7 nitrogen and oxygen atoms in total. The van der Waals surface area contributed by atoms with Crippen molar-refractivity contribution in [2.45, 2.75) is 6.92 Å². The molecular formula is C24H20N2O5. The highest BCUT2D eigenvalue weighted by atomic mass is 16.5. The SMILES string of the molecule is COc1ccc(-c2cc(=O)oc3c(C)c(OCC(=O)Nc4ccccn4)ccc23)cc1. The lowest BCUT2D eigenvalue weighted by atomic mass is 10.00. The average Bonchev–Trinajstić information content (AvgIpc) is 2.79. The highest BCUT2D eigenvalue weighted by molar-refractivity contribution is 5.96. The Labute approximate surface area is 178 Å². The molecule has 4 rings (SSSR count). The van der Waals surface area contributed by atoms with Gasteiger partial charge in [0.2, 0.25) is 0 Å². The van der Waals surface area contributed by atoms with Gasteiger partial charge in [0.15, 0.2) is 6.61 Å². The number of benzene rings is 2. The van der Waals surface area contributed by atoms with Crippen LogP contribution in [0, 0.1) is 6.92 Å². The summed E-state index contributed by atoms with van der Waals surface area (Å²) < 4.78 is 16.3. The minimum Gasteiger partial charge on any atom is -0.497 e. The van der Waals surface area contributed by atoms with E-state index in [4.69, 9.17) is 13.9 Å². The third-order valence-electron chi connectivity index (χ3n) is 4.80. The number of rotatable bonds is 6. The van der Waals surface area contributed by atoms with Gasteiger partial charge in [-0.15, -0.1) is 0 Å². The zero-order valence-electron chi connectivity index (χ0n) is 17.0. The molecule has 1 amide bonds. The molecule has 0 spiro atoms. The van der Waals surface area contributed by atoms with Gasteiger partial charge in [-0.3, -0.25) is 4.79 Å². The van der Waals surface area contributed by atoms with Gasteiger partial charge in [0.25, 0.3) is 5.91 Å². The van der Waals surface area contributed by atoms with Crippen LogP contribution in [0.15, 0.2) is 76.1 Å². The number of methoxy groups -OCH3 is 1. The first-order chi connectivity index (χ1) is 15.0. The van der Waals surface area contributed by atoms with Crippen LogP contribution < -0.4 is 20.4 Å². The summed E-state index contributed by atoms with van der Waals surface area (Å²) >= 11 is 0. The van der Waals surface area contributed by atoms with Crippen LogP contribution in [0.4, 0.5) is 5.82 Å². The maximum Gasteiger partial charge on any atom is 0.336 e. The molecule has 2 heterocycles. The van der Waals surface area contributed by atoms with Crippen molar-refractivity contribution >= 4 is 22.7 Å². The number of aryl methyl sites for hydroxylation is 1. The molecule has 7 heteroatoms. The summed E-state index contributed by atoms with van der Waals surface area (Å²) in [7, 11) is 1.60. The van der Waals surface area contributed by atoms with Crippen LogP contribution in [0.2, 0.25) is 0 Å². The van der Waals surface area contributed by atoms with Gasteiger partial charge in [0, 0.05) is 23.2 Å². The maximum absolute atomic E-state index is 12.2. The van der Waals surface area contributed by atoms with Gasteiger partial charge in [0.1, 0.15) is 22.9 Å². The summed E-state index contributed by atoms with van der Waals surface area (Å²) in [6.45, 7) is 1.58. The number of ether oxygens (including phenoxy) is 2. The highest BCUT2D eigenvalue weighted by Gasteiger charge is 2.14.